The first-order valence-electron chi connectivity index (χ1n) is 10.9. The van der Waals surface area contributed by atoms with Crippen LogP contribution in [-0.4, -0.2) is 6.18 Å². The van der Waals surface area contributed by atoms with Crippen molar-refractivity contribution in [3.63, 3.8) is 0 Å². The van der Waals surface area contributed by atoms with Crippen LogP contribution in [-0.2, 0) is 19.3 Å². The number of unbranched alkanes of at least 4 members (excludes halogenated alkanes) is 1. The molecule has 0 aliphatic heterocycles. The average molecular weight is 480 g/mol. The van der Waals surface area contributed by atoms with Crippen molar-refractivity contribution in [2.24, 2.45) is 0 Å². The maximum atomic E-state index is 14.7. The Hall–Kier alpha value is -3.09. The van der Waals surface area contributed by atoms with Crippen molar-refractivity contribution in [2.45, 2.75) is 45.2 Å². The lowest BCUT2D eigenvalue weighted by Gasteiger charge is -2.10. The van der Waals surface area contributed by atoms with E-state index in [4.69, 9.17) is 0 Å². The number of alkyl halides is 3. The van der Waals surface area contributed by atoms with Gasteiger partial charge in [0.05, 0.1) is 0 Å². The standard InChI is InChI=1S/C27H23F7/c1-2-3-4-17-6-10-21(24(29)13-17)20-9-8-19(23(28)16-20)7-5-18-14-25(30)22(26(31)15-18)11-12-27(32,33)34/h6,8-16H,2-5,7H2,1H3. The Bertz CT molecular complexity index is 1150. The number of benzene rings is 3. The molecule has 0 aromatic heterocycles. The van der Waals surface area contributed by atoms with E-state index in [1.54, 1.807) is 12.1 Å². The quantitative estimate of drug-likeness (QED) is 0.283. The van der Waals surface area contributed by atoms with Gasteiger partial charge >= 0.3 is 6.18 Å². The Morgan fingerprint density at radius 3 is 1.97 bits per heavy atom. The van der Waals surface area contributed by atoms with E-state index >= 15 is 0 Å². The number of halogens is 7. The molecule has 3 aromatic rings. The van der Waals surface area contributed by atoms with Crippen LogP contribution in [0.1, 0.15) is 42.0 Å². The third-order valence-corrected chi connectivity index (χ3v) is 5.48. The predicted octanol–water partition coefficient (Wildman–Crippen LogP) is 8.61. The van der Waals surface area contributed by atoms with Crippen LogP contribution in [0.4, 0.5) is 30.7 Å². The second-order valence-electron chi connectivity index (χ2n) is 8.07. The Balaban J connectivity index is 1.73. The third-order valence-electron chi connectivity index (χ3n) is 5.48. The van der Waals surface area contributed by atoms with Crippen LogP contribution in [0.15, 0.2) is 54.6 Å². The first-order valence-corrected chi connectivity index (χ1v) is 10.9. The zero-order valence-corrected chi connectivity index (χ0v) is 18.5. The minimum atomic E-state index is -4.69. The molecule has 0 nitrogen and oxygen atoms in total. The molecule has 0 aliphatic rings. The van der Waals surface area contributed by atoms with Gasteiger partial charge in [0.2, 0.25) is 0 Å². The van der Waals surface area contributed by atoms with Gasteiger partial charge in [0.25, 0.3) is 0 Å². The molecule has 0 atom stereocenters. The van der Waals surface area contributed by atoms with Gasteiger partial charge in [-0.25, -0.2) is 17.6 Å². The summed E-state index contributed by atoms with van der Waals surface area (Å²) in [5.74, 6) is -3.29. The molecule has 0 heterocycles. The van der Waals surface area contributed by atoms with Crippen LogP contribution in [0.5, 0.6) is 0 Å². The highest BCUT2D eigenvalue weighted by atomic mass is 19.4. The van der Waals surface area contributed by atoms with Crippen LogP contribution < -0.4 is 0 Å². The van der Waals surface area contributed by atoms with Crippen molar-refractivity contribution < 1.29 is 30.7 Å². The Kier molecular flexibility index (Phi) is 8.18. The molecule has 0 unspecified atom stereocenters. The van der Waals surface area contributed by atoms with Gasteiger partial charge in [0, 0.05) is 17.2 Å². The van der Waals surface area contributed by atoms with E-state index in [0.717, 1.165) is 37.0 Å². The molecule has 0 N–H and O–H groups in total. The van der Waals surface area contributed by atoms with E-state index in [1.165, 1.54) is 18.2 Å². The highest BCUT2D eigenvalue weighted by Gasteiger charge is 2.23. The summed E-state index contributed by atoms with van der Waals surface area (Å²) in [4.78, 5) is 0. The maximum absolute atomic E-state index is 14.7. The first-order chi connectivity index (χ1) is 16.1. The molecule has 180 valence electrons. The van der Waals surface area contributed by atoms with Crippen LogP contribution in [0.2, 0.25) is 0 Å². The second kappa shape index (κ2) is 10.9. The van der Waals surface area contributed by atoms with Gasteiger partial charge in [-0.15, -0.1) is 0 Å². The molecule has 34 heavy (non-hydrogen) atoms. The van der Waals surface area contributed by atoms with Gasteiger partial charge in [-0.2, -0.15) is 13.2 Å². The summed E-state index contributed by atoms with van der Waals surface area (Å²) in [7, 11) is 0. The molecule has 0 bridgehead atoms. The molecule has 0 spiro atoms. The summed E-state index contributed by atoms with van der Waals surface area (Å²) < 4.78 is 94.2. The third kappa shape index (κ3) is 6.72. The van der Waals surface area contributed by atoms with Gasteiger partial charge in [-0.1, -0.05) is 37.6 Å². The lowest BCUT2D eigenvalue weighted by molar-refractivity contribution is -0.0790. The van der Waals surface area contributed by atoms with Gasteiger partial charge in [0.1, 0.15) is 23.3 Å². The van der Waals surface area contributed by atoms with E-state index in [-0.39, 0.29) is 35.6 Å². The smallest absolute Gasteiger partial charge is 0.207 e. The molecule has 0 radical (unpaired) electrons. The first kappa shape index (κ1) is 25.5. The van der Waals surface area contributed by atoms with Crippen LogP contribution in [0, 0.1) is 23.3 Å². The fraction of sp³-hybridized carbons (Fsp3) is 0.259. The number of aryl methyl sites for hydroxylation is 3. The Morgan fingerprint density at radius 1 is 0.706 bits per heavy atom. The fourth-order valence-electron chi connectivity index (χ4n) is 3.64. The summed E-state index contributed by atoms with van der Waals surface area (Å²) in [5, 5.41) is 0. The zero-order valence-electron chi connectivity index (χ0n) is 18.5. The van der Waals surface area contributed by atoms with Crippen LogP contribution in [0.3, 0.4) is 0 Å². The molecule has 3 aromatic carbocycles. The van der Waals surface area contributed by atoms with E-state index in [2.05, 4.69) is 0 Å². The number of allylic oxidation sites excluding steroid dienone is 1. The Morgan fingerprint density at radius 2 is 1.38 bits per heavy atom. The minimum absolute atomic E-state index is 0.0634. The van der Waals surface area contributed by atoms with Crippen molar-refractivity contribution in [1.82, 2.24) is 0 Å². The molecule has 0 saturated carbocycles. The molecular weight excluding hydrogens is 457 g/mol. The van der Waals surface area contributed by atoms with E-state index in [1.807, 2.05) is 13.0 Å². The summed E-state index contributed by atoms with van der Waals surface area (Å²) in [6, 6.07) is 11.0. The molecule has 0 saturated heterocycles. The lowest BCUT2D eigenvalue weighted by atomic mass is 9.97. The highest BCUT2D eigenvalue weighted by Crippen LogP contribution is 2.27. The van der Waals surface area contributed by atoms with E-state index < -0.39 is 35.0 Å². The molecule has 7 heteroatoms. The SMILES string of the molecule is CCCCc1ccc(-c2ccc(CCc3cc(F)c(C=CC(F)(F)F)c(F)c3)c(F)c2)c(F)c1. The van der Waals surface area contributed by atoms with Crippen molar-refractivity contribution in [2.75, 3.05) is 0 Å². The van der Waals surface area contributed by atoms with Crippen LogP contribution >= 0.6 is 0 Å². The van der Waals surface area contributed by atoms with Gasteiger partial charge < -0.3 is 0 Å². The van der Waals surface area contributed by atoms with E-state index in [0.29, 0.717) is 11.6 Å². The zero-order chi connectivity index (χ0) is 24.9. The monoisotopic (exact) mass is 480 g/mol. The Labute approximate surface area is 193 Å². The molecular formula is C27H23F7. The normalized spacial score (nSPS) is 12.0. The van der Waals surface area contributed by atoms with Crippen molar-refractivity contribution >= 4 is 6.08 Å². The van der Waals surface area contributed by atoms with Crippen molar-refractivity contribution in [1.29, 1.82) is 0 Å². The van der Waals surface area contributed by atoms with Crippen molar-refractivity contribution in [3.05, 3.63) is 100 Å². The summed E-state index contributed by atoms with van der Waals surface area (Å²) in [5.41, 5.74) is 1.18. The molecule has 0 aliphatic carbocycles. The molecule has 0 fully saturated rings. The summed E-state index contributed by atoms with van der Waals surface area (Å²) in [6.45, 7) is 2.05. The van der Waals surface area contributed by atoms with Crippen molar-refractivity contribution in [3.8, 4) is 11.1 Å². The van der Waals surface area contributed by atoms with Gasteiger partial charge in [-0.3, -0.25) is 0 Å². The minimum Gasteiger partial charge on any atom is -0.207 e. The topological polar surface area (TPSA) is 0 Å². The summed E-state index contributed by atoms with van der Waals surface area (Å²) >= 11 is 0. The maximum Gasteiger partial charge on any atom is 0.409 e. The largest absolute Gasteiger partial charge is 0.409 e. The second-order valence-corrected chi connectivity index (χ2v) is 8.07. The molecule has 0 amide bonds. The highest BCUT2D eigenvalue weighted by molar-refractivity contribution is 5.65. The van der Waals surface area contributed by atoms with E-state index in [9.17, 15) is 30.7 Å². The van der Waals surface area contributed by atoms with Gasteiger partial charge in [-0.05, 0) is 78.3 Å². The number of hydrogen-bond acceptors (Lipinski definition) is 0. The predicted molar refractivity (Wildman–Crippen MR) is 119 cm³/mol. The van der Waals surface area contributed by atoms with Gasteiger partial charge in [0.15, 0.2) is 0 Å². The molecule has 3 rings (SSSR count). The number of hydrogen-bond donors (Lipinski definition) is 0. The lowest BCUT2D eigenvalue weighted by Crippen LogP contribution is -2.02. The van der Waals surface area contributed by atoms with Crippen LogP contribution in [0.25, 0.3) is 17.2 Å². The number of rotatable bonds is 8. The average Bonchev–Trinajstić information content (AvgIpc) is 2.75. The summed E-state index contributed by atoms with van der Waals surface area (Å²) in [6.07, 6.45) is -1.73. The fourth-order valence-corrected chi connectivity index (χ4v) is 3.64.